The minimum absolute atomic E-state index is 0.0206. The van der Waals surface area contributed by atoms with Crippen molar-refractivity contribution >= 4 is 23.6 Å². The lowest BCUT2D eigenvalue weighted by Gasteiger charge is -2.19. The Kier molecular flexibility index (Phi) is 28.9. The van der Waals surface area contributed by atoms with Crippen LogP contribution in [0.25, 0.3) is 45.3 Å². The summed E-state index contributed by atoms with van der Waals surface area (Å²) in [5, 5.41) is 37.5. The van der Waals surface area contributed by atoms with Crippen molar-refractivity contribution in [1.29, 1.82) is 10.5 Å². The van der Waals surface area contributed by atoms with Gasteiger partial charge in [-0.1, -0.05) is 12.1 Å². The van der Waals surface area contributed by atoms with E-state index in [0.717, 1.165) is 33.4 Å². The second-order valence-corrected chi connectivity index (χ2v) is 22.0. The molecule has 0 fully saturated rings. The van der Waals surface area contributed by atoms with Crippen LogP contribution in [0.4, 0.5) is 26.3 Å². The first-order valence-electron chi connectivity index (χ1n) is 31.9. The van der Waals surface area contributed by atoms with Crippen molar-refractivity contribution in [1.82, 2.24) is 50.0 Å². The Morgan fingerprint density at radius 1 is 0.412 bits per heavy atom. The number of rotatable bonds is 38. The highest BCUT2D eigenvalue weighted by Gasteiger charge is 2.33. The molecule has 4 aromatic heterocycles. The van der Waals surface area contributed by atoms with E-state index in [0.29, 0.717) is 45.0 Å². The molecule has 4 aromatic carbocycles. The molecule has 0 aliphatic carbocycles. The van der Waals surface area contributed by atoms with Gasteiger partial charge in [0.2, 0.25) is 0 Å². The van der Waals surface area contributed by atoms with Gasteiger partial charge in [0.25, 0.3) is 22.9 Å². The number of benzene rings is 4. The summed E-state index contributed by atoms with van der Waals surface area (Å²) < 4.78 is 132. The molecule has 0 aliphatic rings. The van der Waals surface area contributed by atoms with Crippen LogP contribution >= 0.6 is 0 Å². The van der Waals surface area contributed by atoms with Gasteiger partial charge in [0.05, 0.1) is 175 Å². The van der Waals surface area contributed by atoms with Crippen LogP contribution < -0.4 is 32.4 Å². The molecular formula is C70H72F6N12O14. The summed E-state index contributed by atoms with van der Waals surface area (Å²) in [6.45, 7) is 5.98. The molecule has 8 aromatic rings. The first-order chi connectivity index (χ1) is 49.2. The van der Waals surface area contributed by atoms with Crippen molar-refractivity contribution < 1.29 is 83.4 Å². The molecule has 8 rings (SSSR count). The van der Waals surface area contributed by atoms with E-state index in [-0.39, 0.29) is 166 Å². The highest BCUT2D eigenvalue weighted by atomic mass is 19.4. The van der Waals surface area contributed by atoms with Crippen LogP contribution in [-0.2, 0) is 59.8 Å². The number of nitrogens with one attached hydrogen (secondary N) is 4. The third kappa shape index (κ3) is 21.7. The van der Waals surface area contributed by atoms with Gasteiger partial charge < -0.3 is 59.2 Å². The van der Waals surface area contributed by atoms with E-state index in [1.54, 1.807) is 74.5 Å². The monoisotopic (exact) mass is 1420 g/mol. The number of carbonyl (C=O) groups is 4. The summed E-state index contributed by atoms with van der Waals surface area (Å²) >= 11 is 0. The molecule has 0 saturated heterocycles. The Bertz CT molecular complexity index is 4080. The fourth-order valence-corrected chi connectivity index (χ4v) is 10.1. The average Bonchev–Trinajstić information content (AvgIpc) is 0.869. The van der Waals surface area contributed by atoms with Gasteiger partial charge in [-0.05, 0) is 123 Å². The molecule has 102 heavy (non-hydrogen) atoms. The van der Waals surface area contributed by atoms with Crippen molar-refractivity contribution in [3.05, 3.63) is 199 Å². The van der Waals surface area contributed by atoms with Crippen LogP contribution in [0.5, 0.6) is 0 Å². The summed E-state index contributed by atoms with van der Waals surface area (Å²) in [5.41, 5.74) is -0.671. The number of carbonyl (C=O) groups excluding carboxylic acids is 4. The molecule has 4 N–H and O–H groups in total. The summed E-state index contributed by atoms with van der Waals surface area (Å²) in [6.07, 6.45) is -6.43. The number of nitriles is 2. The van der Waals surface area contributed by atoms with Gasteiger partial charge in [-0.2, -0.15) is 47.1 Å². The molecule has 32 heteroatoms. The summed E-state index contributed by atoms with van der Waals surface area (Å²) in [5.74, 6) is -3.28. The molecule has 538 valence electrons. The van der Waals surface area contributed by atoms with Gasteiger partial charge in [0.15, 0.2) is 0 Å². The number of ether oxygens (including phenoxy) is 8. The fourth-order valence-electron chi connectivity index (χ4n) is 10.1. The van der Waals surface area contributed by atoms with Crippen molar-refractivity contribution in [3.63, 3.8) is 0 Å². The van der Waals surface area contributed by atoms with Gasteiger partial charge in [0, 0.05) is 60.1 Å². The largest absolute Gasteiger partial charge is 0.416 e. The second kappa shape index (κ2) is 38.2. The van der Waals surface area contributed by atoms with Crippen molar-refractivity contribution in [2.24, 2.45) is 0 Å². The van der Waals surface area contributed by atoms with E-state index in [4.69, 9.17) is 37.9 Å². The van der Waals surface area contributed by atoms with Gasteiger partial charge in [0.1, 0.15) is 11.1 Å². The predicted molar refractivity (Wildman–Crippen MR) is 355 cm³/mol. The Morgan fingerprint density at radius 2 is 0.716 bits per heavy atom. The number of halogens is 6. The van der Waals surface area contributed by atoms with Crippen LogP contribution in [0.15, 0.2) is 143 Å². The molecule has 0 aliphatic heterocycles. The number of amides is 4. The summed E-state index contributed by atoms with van der Waals surface area (Å²) in [6, 6.07) is 31.5. The lowest BCUT2D eigenvalue weighted by molar-refractivity contribution is -0.139. The van der Waals surface area contributed by atoms with Gasteiger partial charge in [-0.15, -0.1) is 0 Å². The Morgan fingerprint density at radius 3 is 1.02 bits per heavy atom. The molecule has 0 unspecified atom stereocenters. The lowest BCUT2D eigenvalue weighted by Crippen LogP contribution is -2.42. The summed E-state index contributed by atoms with van der Waals surface area (Å²) in [4.78, 5) is 79.5. The normalized spacial score (nSPS) is 11.5. The first kappa shape index (κ1) is 77.1. The molecule has 4 heterocycles. The third-order valence-electron chi connectivity index (χ3n) is 15.1. The van der Waals surface area contributed by atoms with Crippen LogP contribution in [-0.4, -0.2) is 184 Å². The van der Waals surface area contributed by atoms with E-state index < -0.39 is 58.2 Å². The number of hydrogen-bond donors (Lipinski definition) is 4. The van der Waals surface area contributed by atoms with E-state index in [2.05, 4.69) is 31.5 Å². The maximum Gasteiger partial charge on any atom is 0.416 e. The molecule has 0 saturated carbocycles. The molecule has 0 bridgehead atoms. The Balaban J connectivity index is 0.615. The van der Waals surface area contributed by atoms with Crippen molar-refractivity contribution in [2.75, 3.05) is 132 Å². The lowest BCUT2D eigenvalue weighted by atomic mass is 10.0. The zero-order valence-electron chi connectivity index (χ0n) is 55.4. The topological polar surface area (TPSA) is 317 Å². The van der Waals surface area contributed by atoms with Gasteiger partial charge in [-0.25, -0.2) is 9.36 Å². The third-order valence-corrected chi connectivity index (χ3v) is 15.1. The SMILES string of the molecule is Cc1c(-c2ccnn2-c2ccc(C#N)cc2)cc(C(=O)NCCOCCOCCOCCOCCNC(=O)C(=O)NCCOCCOCCOCCOCCNC(=O)c2cc(-c3ccnn3-c3ccc(C#N)cc3)c(C)n(-c3cccc(C(F)(F)F)c3)c2=O)c(=O)n1-c1cccc(C(F)(F)F)c1. The molecule has 26 nitrogen and oxygen atoms in total. The van der Waals surface area contributed by atoms with Gasteiger partial charge >= 0.3 is 24.2 Å². The molecule has 0 atom stereocenters. The van der Waals surface area contributed by atoms with Crippen LogP contribution in [0.3, 0.4) is 0 Å². The number of nitrogens with zero attached hydrogens (tertiary/aromatic N) is 8. The Labute approximate surface area is 580 Å². The first-order valence-corrected chi connectivity index (χ1v) is 31.9. The predicted octanol–water partition coefficient (Wildman–Crippen LogP) is 6.62. The minimum atomic E-state index is -4.70. The van der Waals surface area contributed by atoms with Crippen LogP contribution in [0, 0.1) is 36.5 Å². The zero-order chi connectivity index (χ0) is 73.0. The number of pyridine rings is 2. The van der Waals surface area contributed by atoms with Gasteiger partial charge in [-0.3, -0.25) is 37.9 Å². The van der Waals surface area contributed by atoms with Crippen molar-refractivity contribution in [2.45, 2.75) is 26.2 Å². The number of aromatic nitrogens is 6. The zero-order valence-corrected chi connectivity index (χ0v) is 55.4. The van der Waals surface area contributed by atoms with E-state index in [1.165, 1.54) is 58.2 Å². The van der Waals surface area contributed by atoms with Crippen molar-refractivity contribution in [3.8, 4) is 57.4 Å². The number of alkyl halides is 6. The fraction of sp³-hybridized carbons (Fsp3) is 0.343. The Hall–Kier alpha value is -10.7. The molecule has 0 spiro atoms. The molecular weight excluding hydrogens is 1350 g/mol. The second-order valence-electron chi connectivity index (χ2n) is 22.0. The highest BCUT2D eigenvalue weighted by Crippen LogP contribution is 2.34. The standard InChI is InChI=1S/C70H72F6N12O14/c1-47-57(61-17-19-83-87(61)53-13-9-49(45-77)10-14-53)43-59(67(93)85(47)55-7-3-5-51(41-55)69(71,72)73)63(89)79-21-25-95-29-33-99-37-39-101-35-31-97-27-23-81-65(91)66(92)82-24-28-98-32-36-102-40-38-100-34-30-96-26-22-80-64(90)60-44-58(62-18-20-84-88(62)54-15-11-50(46-78)12-16-54)48(2)86(68(60)94)56-8-4-6-52(42-56)70(74,75)76/h3-20,41-44H,21-40H2,1-2H3,(H,79,89)(H,80,90)(H,81,91)(H,82,92). The molecule has 4 amide bonds. The quantitative estimate of drug-likeness (QED) is 0.0179. The summed E-state index contributed by atoms with van der Waals surface area (Å²) in [7, 11) is 0. The van der Waals surface area contributed by atoms with Crippen LogP contribution in [0.2, 0.25) is 0 Å². The minimum Gasteiger partial charge on any atom is -0.377 e. The number of hydrogen-bond acceptors (Lipinski definition) is 18. The van der Waals surface area contributed by atoms with E-state index in [9.17, 15) is 65.6 Å². The average molecular weight is 1420 g/mol. The smallest absolute Gasteiger partial charge is 0.377 e. The van der Waals surface area contributed by atoms with E-state index in [1.807, 2.05) is 12.1 Å². The molecule has 0 radical (unpaired) electrons. The van der Waals surface area contributed by atoms with Crippen LogP contribution in [0.1, 0.15) is 54.4 Å². The highest BCUT2D eigenvalue weighted by molar-refractivity contribution is 6.35. The maximum atomic E-state index is 14.0. The van der Waals surface area contributed by atoms with E-state index >= 15 is 0 Å². The maximum absolute atomic E-state index is 14.0.